The largest absolute Gasteiger partial charge is 0.462 e. The highest BCUT2D eigenvalue weighted by molar-refractivity contribution is 5.70. The first-order valence-corrected chi connectivity index (χ1v) is 15.2. The summed E-state index contributed by atoms with van der Waals surface area (Å²) in [7, 11) is 0. The molecule has 0 heterocycles. The number of hydrogen-bond acceptors (Lipinski definition) is 5. The third kappa shape index (κ3) is 26.9. The fourth-order valence-electron chi connectivity index (χ4n) is 3.84. The Hall–Kier alpha value is -2.14. The summed E-state index contributed by atoms with van der Waals surface area (Å²) in [6.45, 7) is 3.89. The summed E-state index contributed by atoms with van der Waals surface area (Å²) in [5, 5.41) is 9.41. The zero-order valence-corrected chi connectivity index (χ0v) is 24.4. The Labute approximate surface area is 233 Å². The molecule has 5 heteroatoms. The summed E-state index contributed by atoms with van der Waals surface area (Å²) < 4.78 is 10.4. The molecule has 0 saturated heterocycles. The minimum absolute atomic E-state index is 0.0741. The highest BCUT2D eigenvalue weighted by Gasteiger charge is 2.16. The molecule has 0 amide bonds. The molecule has 5 nitrogen and oxygen atoms in total. The van der Waals surface area contributed by atoms with E-state index in [2.05, 4.69) is 62.5 Å². The molecule has 0 aliphatic carbocycles. The van der Waals surface area contributed by atoms with Gasteiger partial charge < -0.3 is 14.6 Å². The number of aliphatic hydroxyl groups excluding tert-OH is 1. The molecule has 0 aromatic rings. The van der Waals surface area contributed by atoms with Gasteiger partial charge in [-0.05, 0) is 51.4 Å². The standard InChI is InChI=1S/C33H56O5/c1-3-5-7-9-10-11-12-13-14-15-16-17-18-19-20-21-22-24-26-28-33(36)38-31(29-34)30-37-32(35)27-25-23-8-6-4-2/h5,7,10-11,13-14,16-17,31,34H,3-4,6,8-9,12,15,18-30H2,1-2H3/b7-5-,11-10-,14-13-,17-16-. The normalized spacial score (nSPS) is 12.8. The van der Waals surface area contributed by atoms with Crippen LogP contribution in [0.1, 0.15) is 129 Å². The zero-order valence-electron chi connectivity index (χ0n) is 24.4. The van der Waals surface area contributed by atoms with Crippen molar-refractivity contribution in [2.45, 2.75) is 136 Å². The van der Waals surface area contributed by atoms with Crippen LogP contribution in [0.5, 0.6) is 0 Å². The summed E-state index contributed by atoms with van der Waals surface area (Å²) in [4.78, 5) is 23.8. The number of unbranched alkanes of at least 4 members (excludes halogenated alkanes) is 10. The number of carbonyl (C=O) groups excluding carboxylic acids is 2. The molecule has 0 rings (SSSR count). The van der Waals surface area contributed by atoms with Crippen LogP contribution in [0, 0.1) is 0 Å². The van der Waals surface area contributed by atoms with Crippen molar-refractivity contribution in [2.24, 2.45) is 0 Å². The van der Waals surface area contributed by atoms with Crippen molar-refractivity contribution in [1.82, 2.24) is 0 Å². The van der Waals surface area contributed by atoms with Crippen LogP contribution in [0.15, 0.2) is 48.6 Å². The van der Waals surface area contributed by atoms with E-state index in [1.165, 1.54) is 32.1 Å². The molecule has 38 heavy (non-hydrogen) atoms. The highest BCUT2D eigenvalue weighted by Crippen LogP contribution is 2.11. The van der Waals surface area contributed by atoms with Crippen LogP contribution in [0.4, 0.5) is 0 Å². The lowest BCUT2D eigenvalue weighted by atomic mass is 10.1. The molecule has 0 aliphatic rings. The number of rotatable bonds is 26. The van der Waals surface area contributed by atoms with Gasteiger partial charge in [0, 0.05) is 12.8 Å². The number of aliphatic hydroxyl groups is 1. The van der Waals surface area contributed by atoms with E-state index in [-0.39, 0.29) is 25.2 Å². The van der Waals surface area contributed by atoms with Gasteiger partial charge in [0.1, 0.15) is 6.61 Å². The number of carbonyl (C=O) groups is 2. The Morgan fingerprint density at radius 2 is 1.13 bits per heavy atom. The summed E-state index contributed by atoms with van der Waals surface area (Å²) in [6, 6.07) is 0. The van der Waals surface area contributed by atoms with Gasteiger partial charge >= 0.3 is 11.9 Å². The van der Waals surface area contributed by atoms with Gasteiger partial charge in [-0.15, -0.1) is 0 Å². The third-order valence-corrected chi connectivity index (χ3v) is 6.14. The van der Waals surface area contributed by atoms with Crippen molar-refractivity contribution in [3.63, 3.8) is 0 Å². The van der Waals surface area contributed by atoms with Crippen LogP contribution in [0.25, 0.3) is 0 Å². The van der Waals surface area contributed by atoms with Gasteiger partial charge in [0.15, 0.2) is 6.10 Å². The van der Waals surface area contributed by atoms with Gasteiger partial charge in [-0.25, -0.2) is 0 Å². The minimum Gasteiger partial charge on any atom is -0.462 e. The Bertz CT molecular complexity index is 662. The molecule has 218 valence electrons. The highest BCUT2D eigenvalue weighted by atomic mass is 16.6. The van der Waals surface area contributed by atoms with Gasteiger partial charge in [-0.1, -0.05) is 114 Å². The number of esters is 2. The van der Waals surface area contributed by atoms with E-state index < -0.39 is 6.10 Å². The Morgan fingerprint density at radius 3 is 1.71 bits per heavy atom. The number of allylic oxidation sites excluding steroid dienone is 8. The van der Waals surface area contributed by atoms with Crippen molar-refractivity contribution >= 4 is 11.9 Å². The number of ether oxygens (including phenoxy) is 2. The summed E-state index contributed by atoms with van der Waals surface area (Å²) in [5.41, 5.74) is 0. The van der Waals surface area contributed by atoms with Gasteiger partial charge in [0.05, 0.1) is 6.61 Å². The lowest BCUT2D eigenvalue weighted by Crippen LogP contribution is -2.28. The molecular weight excluding hydrogens is 476 g/mol. The van der Waals surface area contributed by atoms with E-state index in [9.17, 15) is 14.7 Å². The molecule has 0 aromatic heterocycles. The molecule has 0 saturated carbocycles. The summed E-state index contributed by atoms with van der Waals surface area (Å²) in [6.07, 6.45) is 34.8. The molecule has 0 aliphatic heterocycles. The predicted octanol–water partition coefficient (Wildman–Crippen LogP) is 8.72. The Balaban J connectivity index is 3.62. The minimum atomic E-state index is -0.773. The van der Waals surface area contributed by atoms with Crippen LogP contribution >= 0.6 is 0 Å². The van der Waals surface area contributed by atoms with Gasteiger partial charge in [-0.3, -0.25) is 9.59 Å². The second-order valence-corrected chi connectivity index (χ2v) is 9.80. The Kier molecular flexibility index (Phi) is 27.8. The smallest absolute Gasteiger partial charge is 0.306 e. The third-order valence-electron chi connectivity index (χ3n) is 6.14. The SMILES string of the molecule is CC/C=C\C/C=C\C/C=C\C/C=C\CCCCCCCCC(=O)OC(CO)COC(=O)CCCCCCC. The van der Waals surface area contributed by atoms with Crippen LogP contribution in [-0.2, 0) is 19.1 Å². The second kappa shape index (κ2) is 29.4. The summed E-state index contributed by atoms with van der Waals surface area (Å²) in [5.74, 6) is -0.628. The molecule has 0 spiro atoms. The van der Waals surface area contributed by atoms with Gasteiger partial charge in [-0.2, -0.15) is 0 Å². The molecular formula is C33H56O5. The predicted molar refractivity (Wildman–Crippen MR) is 159 cm³/mol. The van der Waals surface area contributed by atoms with E-state index in [0.29, 0.717) is 12.8 Å². The maximum absolute atomic E-state index is 12.0. The van der Waals surface area contributed by atoms with E-state index in [1.54, 1.807) is 0 Å². The fraction of sp³-hybridized carbons (Fsp3) is 0.697. The van der Waals surface area contributed by atoms with Gasteiger partial charge in [0.2, 0.25) is 0 Å². The molecule has 1 N–H and O–H groups in total. The van der Waals surface area contributed by atoms with Crippen molar-refractivity contribution in [2.75, 3.05) is 13.2 Å². The average molecular weight is 533 g/mol. The fourth-order valence-corrected chi connectivity index (χ4v) is 3.84. The van der Waals surface area contributed by atoms with Gasteiger partial charge in [0.25, 0.3) is 0 Å². The molecule has 1 atom stereocenters. The Morgan fingerprint density at radius 1 is 0.632 bits per heavy atom. The first-order valence-electron chi connectivity index (χ1n) is 15.2. The quantitative estimate of drug-likeness (QED) is 0.0685. The van der Waals surface area contributed by atoms with E-state index in [4.69, 9.17) is 9.47 Å². The lowest BCUT2D eigenvalue weighted by molar-refractivity contribution is -0.161. The lowest BCUT2D eigenvalue weighted by Gasteiger charge is -2.15. The monoisotopic (exact) mass is 532 g/mol. The van der Waals surface area contributed by atoms with Crippen molar-refractivity contribution in [1.29, 1.82) is 0 Å². The molecule has 1 unspecified atom stereocenters. The van der Waals surface area contributed by atoms with E-state index in [1.807, 2.05) is 0 Å². The van der Waals surface area contributed by atoms with E-state index >= 15 is 0 Å². The van der Waals surface area contributed by atoms with Crippen molar-refractivity contribution < 1.29 is 24.2 Å². The maximum atomic E-state index is 12.0. The van der Waals surface area contributed by atoms with Crippen LogP contribution in [0.2, 0.25) is 0 Å². The molecule has 0 fully saturated rings. The van der Waals surface area contributed by atoms with E-state index in [0.717, 1.165) is 70.6 Å². The van der Waals surface area contributed by atoms with Crippen LogP contribution < -0.4 is 0 Å². The molecule has 0 radical (unpaired) electrons. The summed E-state index contributed by atoms with van der Waals surface area (Å²) >= 11 is 0. The second-order valence-electron chi connectivity index (χ2n) is 9.80. The zero-order chi connectivity index (χ0) is 27.9. The molecule has 0 aromatic carbocycles. The topological polar surface area (TPSA) is 72.8 Å². The van der Waals surface area contributed by atoms with Crippen LogP contribution in [-0.4, -0.2) is 36.4 Å². The van der Waals surface area contributed by atoms with Crippen LogP contribution in [0.3, 0.4) is 0 Å². The first-order chi connectivity index (χ1) is 18.6. The van der Waals surface area contributed by atoms with Crippen molar-refractivity contribution in [3.8, 4) is 0 Å². The number of hydrogen-bond donors (Lipinski definition) is 1. The first kappa shape index (κ1) is 35.9. The van der Waals surface area contributed by atoms with Crippen molar-refractivity contribution in [3.05, 3.63) is 48.6 Å². The average Bonchev–Trinajstić information content (AvgIpc) is 2.92. The maximum Gasteiger partial charge on any atom is 0.306 e. The molecule has 0 bridgehead atoms.